The topological polar surface area (TPSA) is 60.1 Å². The minimum Gasteiger partial charge on any atom is -0.381 e. The molecule has 110 valence electrons. The largest absolute Gasteiger partial charge is 0.381 e. The minimum atomic E-state index is -0.176. The predicted octanol–water partition coefficient (Wildman–Crippen LogP) is 1.23. The van der Waals surface area contributed by atoms with Crippen molar-refractivity contribution in [1.29, 1.82) is 0 Å². The molecule has 2 aliphatic rings. The summed E-state index contributed by atoms with van der Waals surface area (Å²) >= 11 is 0. The van der Waals surface area contributed by atoms with Gasteiger partial charge in [0.1, 0.15) is 0 Å². The molecule has 0 saturated carbocycles. The Labute approximate surface area is 116 Å². The van der Waals surface area contributed by atoms with Crippen molar-refractivity contribution >= 4 is 5.96 Å². The van der Waals surface area contributed by atoms with Gasteiger partial charge in [0.2, 0.25) is 0 Å². The molecule has 0 aromatic carbocycles. The highest BCUT2D eigenvalue weighted by molar-refractivity contribution is 5.78. The highest BCUT2D eigenvalue weighted by Crippen LogP contribution is 2.25. The highest BCUT2D eigenvalue weighted by atomic mass is 16.5. The van der Waals surface area contributed by atoms with Gasteiger partial charge in [0.05, 0.1) is 12.1 Å². The lowest BCUT2D eigenvalue weighted by molar-refractivity contribution is -0.0829. The summed E-state index contributed by atoms with van der Waals surface area (Å²) in [5.41, 5.74) is 5.95. The molecule has 5 nitrogen and oxygen atoms in total. The molecule has 0 amide bonds. The molecule has 0 aliphatic carbocycles. The van der Waals surface area contributed by atoms with Gasteiger partial charge in [0.25, 0.3) is 0 Å². The molecule has 2 heterocycles. The van der Waals surface area contributed by atoms with Crippen LogP contribution in [0.5, 0.6) is 0 Å². The number of rotatable bonds is 3. The van der Waals surface area contributed by atoms with Crippen LogP contribution in [0.25, 0.3) is 0 Å². The van der Waals surface area contributed by atoms with Crippen LogP contribution in [0.3, 0.4) is 0 Å². The van der Waals surface area contributed by atoms with Crippen LogP contribution in [0, 0.1) is 5.92 Å². The fourth-order valence-electron chi connectivity index (χ4n) is 2.89. The van der Waals surface area contributed by atoms with E-state index < -0.39 is 0 Å². The van der Waals surface area contributed by atoms with E-state index in [1.54, 1.807) is 7.11 Å². The lowest BCUT2D eigenvalue weighted by Crippen LogP contribution is -2.46. The Kier molecular flexibility index (Phi) is 5.05. The molecule has 19 heavy (non-hydrogen) atoms. The number of hydrogen-bond donors (Lipinski definition) is 1. The maximum atomic E-state index is 6.13. The van der Waals surface area contributed by atoms with Gasteiger partial charge in [-0.3, -0.25) is 4.99 Å². The van der Waals surface area contributed by atoms with Crippen molar-refractivity contribution in [2.45, 2.75) is 38.2 Å². The first-order valence-corrected chi connectivity index (χ1v) is 7.33. The Hall–Kier alpha value is -0.810. The molecule has 1 unspecified atom stereocenters. The van der Waals surface area contributed by atoms with Crippen LogP contribution in [-0.4, -0.2) is 56.4 Å². The van der Waals surface area contributed by atoms with Gasteiger partial charge < -0.3 is 20.1 Å². The van der Waals surface area contributed by atoms with Gasteiger partial charge in [-0.25, -0.2) is 0 Å². The molecule has 2 aliphatic heterocycles. The number of ether oxygens (including phenoxy) is 2. The average molecular weight is 269 g/mol. The Morgan fingerprint density at radius 2 is 2.21 bits per heavy atom. The van der Waals surface area contributed by atoms with E-state index in [-0.39, 0.29) is 5.60 Å². The predicted molar refractivity (Wildman–Crippen MR) is 76.3 cm³/mol. The second-order valence-electron chi connectivity index (χ2n) is 5.87. The zero-order chi connectivity index (χ0) is 13.7. The summed E-state index contributed by atoms with van der Waals surface area (Å²) in [6.07, 6.45) is 4.30. The van der Waals surface area contributed by atoms with Gasteiger partial charge in [-0.2, -0.15) is 0 Å². The summed E-state index contributed by atoms with van der Waals surface area (Å²) < 4.78 is 11.1. The number of nitrogens with two attached hydrogens (primary N) is 1. The normalized spacial score (nSPS) is 28.4. The number of piperidine rings is 1. The zero-order valence-electron chi connectivity index (χ0n) is 12.2. The van der Waals surface area contributed by atoms with E-state index in [0.717, 1.165) is 39.1 Å². The van der Waals surface area contributed by atoms with E-state index in [4.69, 9.17) is 15.2 Å². The first-order valence-electron chi connectivity index (χ1n) is 7.33. The summed E-state index contributed by atoms with van der Waals surface area (Å²) in [7, 11) is 1.76. The standard InChI is InChI=1S/C14H27N3O2/c1-12-4-3-7-17(10-12)13(15)16-11-14(18-2)5-8-19-9-6-14/h12H,3-11H2,1-2H3,(H2,15,16). The van der Waals surface area contributed by atoms with E-state index in [9.17, 15) is 0 Å². The molecule has 1 atom stereocenters. The van der Waals surface area contributed by atoms with Gasteiger partial charge >= 0.3 is 0 Å². The maximum Gasteiger partial charge on any atom is 0.191 e. The smallest absolute Gasteiger partial charge is 0.191 e. The SMILES string of the molecule is COC1(CN=C(N)N2CCCC(C)C2)CCOCC1. The van der Waals surface area contributed by atoms with Crippen LogP contribution in [0.1, 0.15) is 32.6 Å². The Morgan fingerprint density at radius 3 is 2.84 bits per heavy atom. The number of likely N-dealkylation sites (tertiary alicyclic amines) is 1. The van der Waals surface area contributed by atoms with Crippen molar-refractivity contribution in [1.82, 2.24) is 4.90 Å². The summed E-state index contributed by atoms with van der Waals surface area (Å²) in [6, 6.07) is 0. The monoisotopic (exact) mass is 269 g/mol. The van der Waals surface area contributed by atoms with Crippen molar-refractivity contribution in [3.05, 3.63) is 0 Å². The van der Waals surface area contributed by atoms with Crippen molar-refractivity contribution in [3.63, 3.8) is 0 Å². The average Bonchev–Trinajstić information content (AvgIpc) is 2.46. The Morgan fingerprint density at radius 1 is 1.47 bits per heavy atom. The molecule has 2 saturated heterocycles. The molecular weight excluding hydrogens is 242 g/mol. The molecule has 0 spiro atoms. The van der Waals surface area contributed by atoms with Crippen LogP contribution in [0.4, 0.5) is 0 Å². The van der Waals surface area contributed by atoms with Crippen molar-refractivity contribution < 1.29 is 9.47 Å². The number of aliphatic imine (C=N–C) groups is 1. The van der Waals surface area contributed by atoms with Crippen molar-refractivity contribution in [2.75, 3.05) is 40.0 Å². The molecular formula is C14H27N3O2. The van der Waals surface area contributed by atoms with Gasteiger partial charge in [-0.1, -0.05) is 6.92 Å². The minimum absolute atomic E-state index is 0.176. The van der Waals surface area contributed by atoms with Crippen LogP contribution in [0.2, 0.25) is 0 Å². The molecule has 2 fully saturated rings. The molecule has 2 rings (SSSR count). The number of guanidine groups is 1. The fraction of sp³-hybridized carbons (Fsp3) is 0.929. The summed E-state index contributed by atoms with van der Waals surface area (Å²) in [6.45, 7) is 6.48. The summed E-state index contributed by atoms with van der Waals surface area (Å²) in [5.74, 6) is 1.39. The van der Waals surface area contributed by atoms with Gasteiger partial charge in [0.15, 0.2) is 5.96 Å². The number of methoxy groups -OCH3 is 1. The third-order valence-electron chi connectivity index (χ3n) is 4.35. The van der Waals surface area contributed by atoms with Crippen molar-refractivity contribution in [3.8, 4) is 0 Å². The Balaban J connectivity index is 1.92. The van der Waals surface area contributed by atoms with Gasteiger partial charge in [-0.15, -0.1) is 0 Å². The first kappa shape index (κ1) is 14.6. The van der Waals surface area contributed by atoms with E-state index in [1.807, 2.05) is 0 Å². The first-order chi connectivity index (χ1) is 9.15. The molecule has 0 radical (unpaired) electrons. The highest BCUT2D eigenvalue weighted by Gasteiger charge is 2.32. The molecule has 0 aromatic rings. The van der Waals surface area contributed by atoms with Crippen LogP contribution >= 0.6 is 0 Å². The summed E-state index contributed by atoms with van der Waals surface area (Å²) in [4.78, 5) is 6.79. The number of nitrogens with zero attached hydrogens (tertiary/aromatic N) is 2. The van der Waals surface area contributed by atoms with Crippen LogP contribution in [0.15, 0.2) is 4.99 Å². The van der Waals surface area contributed by atoms with Gasteiger partial charge in [0, 0.05) is 46.3 Å². The molecule has 2 N–H and O–H groups in total. The fourth-order valence-corrected chi connectivity index (χ4v) is 2.89. The lowest BCUT2D eigenvalue weighted by atomic mass is 9.94. The van der Waals surface area contributed by atoms with Crippen molar-refractivity contribution in [2.24, 2.45) is 16.6 Å². The van der Waals surface area contributed by atoms with E-state index in [0.29, 0.717) is 18.4 Å². The van der Waals surface area contributed by atoms with E-state index in [1.165, 1.54) is 12.8 Å². The third kappa shape index (κ3) is 3.83. The molecule has 0 bridgehead atoms. The van der Waals surface area contributed by atoms with E-state index >= 15 is 0 Å². The number of hydrogen-bond acceptors (Lipinski definition) is 3. The second-order valence-corrected chi connectivity index (χ2v) is 5.87. The summed E-state index contributed by atoms with van der Waals surface area (Å²) in [5, 5.41) is 0. The Bertz CT molecular complexity index is 314. The van der Waals surface area contributed by atoms with Crippen LogP contribution < -0.4 is 5.73 Å². The third-order valence-corrected chi connectivity index (χ3v) is 4.35. The maximum absolute atomic E-state index is 6.13. The quantitative estimate of drug-likeness (QED) is 0.618. The lowest BCUT2D eigenvalue weighted by Gasteiger charge is -2.36. The van der Waals surface area contributed by atoms with Crippen LogP contribution in [-0.2, 0) is 9.47 Å². The van der Waals surface area contributed by atoms with E-state index in [2.05, 4.69) is 16.8 Å². The molecule has 0 aromatic heterocycles. The zero-order valence-corrected chi connectivity index (χ0v) is 12.2. The van der Waals surface area contributed by atoms with Gasteiger partial charge in [-0.05, 0) is 18.8 Å². The second kappa shape index (κ2) is 6.57. The molecule has 5 heteroatoms.